The molecule has 0 unspecified atom stereocenters. The van der Waals surface area contributed by atoms with Crippen LogP contribution in [-0.4, -0.2) is 22.1 Å². The molecular formula is C14H18BrN4OS+. The lowest BCUT2D eigenvalue weighted by molar-refractivity contribution is -0.414. The second-order valence-electron chi connectivity index (χ2n) is 4.90. The van der Waals surface area contributed by atoms with E-state index in [0.717, 1.165) is 21.5 Å². The number of carbonyl (C=O) groups excluding carboxylic acids is 1. The van der Waals surface area contributed by atoms with Crippen molar-refractivity contribution in [2.45, 2.75) is 26.3 Å². The summed E-state index contributed by atoms with van der Waals surface area (Å²) in [5.41, 5.74) is 4.89. The Kier molecular flexibility index (Phi) is 5.44. The number of amides is 1. The standard InChI is InChI=1S/C14H17BrN4OS/c1-3-8(2)11(16)12(20)17-14-19-18-13(21-14)9-4-6-10(15)7-5-9/h4-8,11H,3,16H2,1-2H3,(H,17,19,20)/p+1/t8-,11+/m1/s1. The van der Waals surface area contributed by atoms with Crippen molar-refractivity contribution in [2.75, 3.05) is 5.32 Å². The molecule has 1 amide bonds. The molecule has 7 heteroatoms. The highest BCUT2D eigenvalue weighted by Crippen LogP contribution is 2.27. The van der Waals surface area contributed by atoms with Crippen LogP contribution in [-0.2, 0) is 4.79 Å². The Hall–Kier alpha value is -1.31. The molecule has 2 rings (SSSR count). The summed E-state index contributed by atoms with van der Waals surface area (Å²) in [6.07, 6.45) is 0.919. The Morgan fingerprint density at radius 3 is 2.67 bits per heavy atom. The van der Waals surface area contributed by atoms with Crippen molar-refractivity contribution in [3.8, 4) is 10.6 Å². The van der Waals surface area contributed by atoms with Crippen LogP contribution in [0, 0.1) is 5.92 Å². The number of nitrogens with zero attached hydrogens (tertiary/aromatic N) is 2. The molecule has 0 saturated carbocycles. The smallest absolute Gasteiger partial charge is 0.284 e. The van der Waals surface area contributed by atoms with Gasteiger partial charge in [-0.2, -0.15) is 0 Å². The van der Waals surface area contributed by atoms with Crippen LogP contribution in [0.25, 0.3) is 10.6 Å². The Morgan fingerprint density at radius 1 is 1.38 bits per heavy atom. The van der Waals surface area contributed by atoms with E-state index in [1.807, 2.05) is 38.1 Å². The van der Waals surface area contributed by atoms with Gasteiger partial charge in [-0.05, 0) is 18.6 Å². The summed E-state index contributed by atoms with van der Waals surface area (Å²) in [6, 6.07) is 7.53. The summed E-state index contributed by atoms with van der Waals surface area (Å²) in [5.74, 6) is 0.131. The number of nitrogens with one attached hydrogen (secondary N) is 1. The molecule has 0 aliphatic heterocycles. The first kappa shape index (κ1) is 16.1. The van der Waals surface area contributed by atoms with Crippen LogP contribution in [0.15, 0.2) is 28.7 Å². The van der Waals surface area contributed by atoms with Crippen LogP contribution in [0.2, 0.25) is 0 Å². The molecule has 0 saturated heterocycles. The Balaban J connectivity index is 2.06. The minimum Gasteiger partial charge on any atom is -0.347 e. The second-order valence-corrected chi connectivity index (χ2v) is 6.79. The van der Waals surface area contributed by atoms with Gasteiger partial charge in [-0.15, -0.1) is 10.2 Å². The minimum atomic E-state index is -0.282. The molecule has 0 spiro atoms. The van der Waals surface area contributed by atoms with Crippen molar-refractivity contribution in [3.05, 3.63) is 28.7 Å². The molecule has 5 nitrogen and oxygen atoms in total. The normalized spacial score (nSPS) is 13.7. The summed E-state index contributed by atoms with van der Waals surface area (Å²) in [5, 5.41) is 12.2. The van der Waals surface area contributed by atoms with E-state index in [1.54, 1.807) is 0 Å². The van der Waals surface area contributed by atoms with Crippen LogP contribution in [0.4, 0.5) is 5.13 Å². The Bertz CT molecular complexity index is 614. The zero-order valence-electron chi connectivity index (χ0n) is 12.0. The van der Waals surface area contributed by atoms with Gasteiger partial charge in [0.2, 0.25) is 5.13 Å². The molecule has 1 aromatic carbocycles. The highest BCUT2D eigenvalue weighted by atomic mass is 79.9. The fourth-order valence-electron chi connectivity index (χ4n) is 1.72. The van der Waals surface area contributed by atoms with Crippen LogP contribution < -0.4 is 11.1 Å². The van der Waals surface area contributed by atoms with Crippen LogP contribution in [0.5, 0.6) is 0 Å². The summed E-state index contributed by atoms with van der Waals surface area (Å²) < 4.78 is 1.01. The van der Waals surface area contributed by atoms with Crippen molar-refractivity contribution in [1.82, 2.24) is 10.2 Å². The number of aromatic nitrogens is 2. The molecule has 0 radical (unpaired) electrons. The van der Waals surface area contributed by atoms with Crippen molar-refractivity contribution in [1.29, 1.82) is 0 Å². The van der Waals surface area contributed by atoms with Gasteiger partial charge >= 0.3 is 0 Å². The average molecular weight is 370 g/mol. The lowest BCUT2D eigenvalue weighted by Gasteiger charge is -2.13. The topological polar surface area (TPSA) is 82.5 Å². The van der Waals surface area contributed by atoms with Gasteiger partial charge in [0.25, 0.3) is 5.91 Å². The number of carbonyl (C=O) groups is 1. The molecule has 2 aromatic rings. The largest absolute Gasteiger partial charge is 0.347 e. The molecule has 1 aromatic heterocycles. The highest BCUT2D eigenvalue weighted by Gasteiger charge is 2.24. The number of anilines is 1. The zero-order valence-corrected chi connectivity index (χ0v) is 14.4. The van der Waals surface area contributed by atoms with E-state index in [2.05, 4.69) is 37.2 Å². The van der Waals surface area contributed by atoms with Gasteiger partial charge in [0, 0.05) is 16.0 Å². The SMILES string of the molecule is CC[C@@H](C)[C@H]([NH3+])C(=O)Nc1nnc(-c2ccc(Br)cc2)s1. The summed E-state index contributed by atoms with van der Waals surface area (Å²) in [6.45, 7) is 4.07. The van der Waals surface area contributed by atoms with Crippen LogP contribution in [0.1, 0.15) is 20.3 Å². The van der Waals surface area contributed by atoms with E-state index in [0.29, 0.717) is 5.13 Å². The molecule has 0 aliphatic carbocycles. The van der Waals surface area contributed by atoms with Gasteiger partial charge in [-0.25, -0.2) is 0 Å². The lowest BCUT2D eigenvalue weighted by Crippen LogP contribution is -2.69. The maximum atomic E-state index is 12.1. The van der Waals surface area contributed by atoms with E-state index in [1.165, 1.54) is 11.3 Å². The quantitative estimate of drug-likeness (QED) is 0.849. The van der Waals surface area contributed by atoms with Gasteiger partial charge in [-0.3, -0.25) is 10.1 Å². The summed E-state index contributed by atoms with van der Waals surface area (Å²) >= 11 is 4.76. The van der Waals surface area contributed by atoms with Crippen molar-refractivity contribution < 1.29 is 10.5 Å². The molecule has 112 valence electrons. The predicted molar refractivity (Wildman–Crippen MR) is 87.8 cm³/mol. The highest BCUT2D eigenvalue weighted by molar-refractivity contribution is 9.10. The number of benzene rings is 1. The maximum absolute atomic E-state index is 12.1. The fraction of sp³-hybridized carbons (Fsp3) is 0.357. The third-order valence-corrected chi connectivity index (χ3v) is 4.83. The number of rotatable bonds is 5. The molecule has 0 bridgehead atoms. The van der Waals surface area contributed by atoms with Gasteiger partial charge < -0.3 is 5.73 Å². The van der Waals surface area contributed by atoms with E-state index >= 15 is 0 Å². The van der Waals surface area contributed by atoms with E-state index in [9.17, 15) is 4.79 Å². The number of quaternary nitrogens is 1. The van der Waals surface area contributed by atoms with Crippen molar-refractivity contribution >= 4 is 38.3 Å². The lowest BCUT2D eigenvalue weighted by atomic mass is 10.00. The van der Waals surface area contributed by atoms with Crippen molar-refractivity contribution in [2.24, 2.45) is 5.92 Å². The molecule has 1 heterocycles. The van der Waals surface area contributed by atoms with Crippen LogP contribution in [0.3, 0.4) is 0 Å². The minimum absolute atomic E-state index is 0.108. The van der Waals surface area contributed by atoms with Gasteiger partial charge in [0.05, 0.1) is 0 Å². The van der Waals surface area contributed by atoms with Crippen molar-refractivity contribution in [3.63, 3.8) is 0 Å². The number of hydrogen-bond donors (Lipinski definition) is 2. The number of halogens is 1. The molecule has 21 heavy (non-hydrogen) atoms. The third-order valence-electron chi connectivity index (χ3n) is 3.41. The number of hydrogen-bond acceptors (Lipinski definition) is 4. The monoisotopic (exact) mass is 369 g/mol. The predicted octanol–water partition coefficient (Wildman–Crippen LogP) is 2.56. The molecule has 4 N–H and O–H groups in total. The van der Waals surface area contributed by atoms with Crippen LogP contribution >= 0.6 is 27.3 Å². The first-order chi connectivity index (χ1) is 10.0. The summed E-state index contributed by atoms with van der Waals surface area (Å²) in [7, 11) is 0. The van der Waals surface area contributed by atoms with E-state index < -0.39 is 0 Å². The first-order valence-corrected chi connectivity index (χ1v) is 8.35. The van der Waals surface area contributed by atoms with Gasteiger partial charge in [0.1, 0.15) is 5.01 Å². The molecule has 0 aliphatic rings. The average Bonchev–Trinajstić information content (AvgIpc) is 2.94. The second kappa shape index (κ2) is 7.11. The maximum Gasteiger partial charge on any atom is 0.284 e. The fourth-order valence-corrected chi connectivity index (χ4v) is 2.74. The van der Waals surface area contributed by atoms with E-state index in [4.69, 9.17) is 0 Å². The molecular weight excluding hydrogens is 352 g/mol. The van der Waals surface area contributed by atoms with Gasteiger partial charge in [-0.1, -0.05) is 53.2 Å². The first-order valence-electron chi connectivity index (χ1n) is 6.74. The zero-order chi connectivity index (χ0) is 15.4. The Labute approximate surface area is 136 Å². The molecule has 0 fully saturated rings. The summed E-state index contributed by atoms with van der Waals surface area (Å²) in [4.78, 5) is 12.1. The van der Waals surface area contributed by atoms with Gasteiger partial charge in [0.15, 0.2) is 6.04 Å². The third kappa shape index (κ3) is 4.09. The Morgan fingerprint density at radius 2 is 2.05 bits per heavy atom. The molecule has 2 atom stereocenters. The van der Waals surface area contributed by atoms with E-state index in [-0.39, 0.29) is 17.9 Å².